The second-order valence-electron chi connectivity index (χ2n) is 8.66. The summed E-state index contributed by atoms with van der Waals surface area (Å²) in [5.41, 5.74) is 2.46. The van der Waals surface area contributed by atoms with Crippen LogP contribution in [0.3, 0.4) is 0 Å². The number of anilines is 1. The number of ether oxygens (including phenoxy) is 1. The standard InChI is InChI=1S/C25H29N5O3/c1-29-22-9-8-21(33-15-3-2-12-26)16-23(22)30(25(29)32)17-18-4-6-19(7-5-18)24(31)28-20-10-13-27-14-11-20/h8-11,13-14,16,18-19H,2-7,15,17H2,1H3,(H,27,28,31). The minimum Gasteiger partial charge on any atom is -0.493 e. The van der Waals surface area contributed by atoms with E-state index < -0.39 is 0 Å². The van der Waals surface area contributed by atoms with Crippen LogP contribution in [0.5, 0.6) is 5.75 Å². The summed E-state index contributed by atoms with van der Waals surface area (Å²) in [6.07, 6.45) is 7.90. The van der Waals surface area contributed by atoms with Gasteiger partial charge in [0, 0.05) is 50.1 Å². The Bertz CT molecular complexity index is 1200. The van der Waals surface area contributed by atoms with E-state index in [-0.39, 0.29) is 17.5 Å². The second kappa shape index (κ2) is 10.3. The lowest BCUT2D eigenvalue weighted by Crippen LogP contribution is -2.30. The molecule has 0 radical (unpaired) electrons. The Labute approximate surface area is 192 Å². The molecule has 33 heavy (non-hydrogen) atoms. The van der Waals surface area contributed by atoms with Crippen LogP contribution in [0, 0.1) is 23.2 Å². The SMILES string of the molecule is Cn1c(=O)n(CC2CCC(C(=O)Nc3ccncc3)CC2)c2cc(OCCCC#N)ccc21. The molecule has 1 amide bonds. The number of carbonyl (C=O) groups excluding carboxylic acids is 1. The van der Waals surface area contributed by atoms with Crippen LogP contribution in [-0.2, 0) is 18.4 Å². The molecule has 2 aromatic heterocycles. The van der Waals surface area contributed by atoms with Gasteiger partial charge in [0.05, 0.1) is 23.7 Å². The first-order chi connectivity index (χ1) is 16.1. The summed E-state index contributed by atoms with van der Waals surface area (Å²) >= 11 is 0. The third-order valence-corrected chi connectivity index (χ3v) is 6.42. The van der Waals surface area contributed by atoms with Crippen molar-refractivity contribution in [3.8, 4) is 11.8 Å². The largest absolute Gasteiger partial charge is 0.493 e. The molecule has 1 aliphatic rings. The van der Waals surface area contributed by atoms with Crippen LogP contribution in [-0.4, -0.2) is 26.6 Å². The average molecular weight is 448 g/mol. The number of nitrogens with one attached hydrogen (secondary N) is 1. The molecule has 0 aliphatic heterocycles. The van der Waals surface area contributed by atoms with Crippen LogP contribution >= 0.6 is 0 Å². The first-order valence-corrected chi connectivity index (χ1v) is 11.5. The van der Waals surface area contributed by atoms with E-state index in [9.17, 15) is 9.59 Å². The molecule has 1 fully saturated rings. The smallest absolute Gasteiger partial charge is 0.328 e. The van der Waals surface area contributed by atoms with Crippen molar-refractivity contribution in [2.75, 3.05) is 11.9 Å². The first-order valence-electron chi connectivity index (χ1n) is 11.5. The molecular weight excluding hydrogens is 418 g/mol. The summed E-state index contributed by atoms with van der Waals surface area (Å²) in [4.78, 5) is 29.5. The average Bonchev–Trinajstić information content (AvgIpc) is 3.07. The normalized spacial score (nSPS) is 18.1. The van der Waals surface area contributed by atoms with E-state index >= 15 is 0 Å². The van der Waals surface area contributed by atoms with Gasteiger partial charge in [-0.3, -0.25) is 18.9 Å². The highest BCUT2D eigenvalue weighted by molar-refractivity contribution is 5.92. The number of nitrogens with zero attached hydrogens (tertiary/aromatic N) is 4. The molecule has 4 rings (SSSR count). The molecule has 172 valence electrons. The lowest BCUT2D eigenvalue weighted by atomic mass is 9.81. The molecule has 1 aliphatic carbocycles. The Hall–Kier alpha value is -3.60. The summed E-state index contributed by atoms with van der Waals surface area (Å²) in [7, 11) is 1.79. The number of carbonyl (C=O) groups is 1. The Morgan fingerprint density at radius 1 is 1.18 bits per heavy atom. The van der Waals surface area contributed by atoms with E-state index in [2.05, 4.69) is 16.4 Å². The van der Waals surface area contributed by atoms with E-state index in [1.165, 1.54) is 0 Å². The Morgan fingerprint density at radius 2 is 1.94 bits per heavy atom. The topological polar surface area (TPSA) is 102 Å². The van der Waals surface area contributed by atoms with Gasteiger partial charge in [-0.05, 0) is 62.3 Å². The van der Waals surface area contributed by atoms with Gasteiger partial charge >= 0.3 is 5.69 Å². The highest BCUT2D eigenvalue weighted by Gasteiger charge is 2.27. The number of unbranched alkanes of at least 4 members (excludes halogenated alkanes) is 1. The summed E-state index contributed by atoms with van der Waals surface area (Å²) in [6, 6.07) is 11.4. The van der Waals surface area contributed by atoms with Crippen molar-refractivity contribution in [1.82, 2.24) is 14.1 Å². The minimum absolute atomic E-state index is 0.00734. The van der Waals surface area contributed by atoms with Gasteiger partial charge in [-0.1, -0.05) is 0 Å². The van der Waals surface area contributed by atoms with Crippen LogP contribution in [0.2, 0.25) is 0 Å². The summed E-state index contributed by atoms with van der Waals surface area (Å²) in [5, 5.41) is 11.6. The van der Waals surface area contributed by atoms with Crippen LogP contribution in [0.15, 0.2) is 47.5 Å². The predicted molar refractivity (Wildman–Crippen MR) is 126 cm³/mol. The number of hydrogen-bond donors (Lipinski definition) is 1. The number of pyridine rings is 1. The van der Waals surface area contributed by atoms with Crippen molar-refractivity contribution in [2.45, 2.75) is 45.1 Å². The number of hydrogen-bond acceptors (Lipinski definition) is 5. The molecule has 8 heteroatoms. The lowest BCUT2D eigenvalue weighted by molar-refractivity contribution is -0.121. The van der Waals surface area contributed by atoms with Gasteiger partial charge < -0.3 is 10.1 Å². The van der Waals surface area contributed by atoms with Gasteiger partial charge in [-0.2, -0.15) is 5.26 Å². The Morgan fingerprint density at radius 3 is 2.67 bits per heavy atom. The summed E-state index contributed by atoms with van der Waals surface area (Å²) in [5.74, 6) is 1.10. The van der Waals surface area contributed by atoms with E-state index in [0.717, 1.165) is 42.4 Å². The van der Waals surface area contributed by atoms with Crippen LogP contribution < -0.4 is 15.7 Å². The van der Waals surface area contributed by atoms with Crippen molar-refractivity contribution in [2.24, 2.45) is 18.9 Å². The minimum atomic E-state index is -0.0378. The number of amides is 1. The van der Waals surface area contributed by atoms with Gasteiger partial charge in [-0.15, -0.1) is 0 Å². The van der Waals surface area contributed by atoms with Crippen molar-refractivity contribution in [3.05, 3.63) is 53.2 Å². The Kier molecular flexibility index (Phi) is 7.08. The fourth-order valence-electron chi connectivity index (χ4n) is 4.54. The van der Waals surface area contributed by atoms with E-state index in [4.69, 9.17) is 10.00 Å². The van der Waals surface area contributed by atoms with Gasteiger partial charge in [0.1, 0.15) is 5.75 Å². The van der Waals surface area contributed by atoms with Crippen LogP contribution in [0.1, 0.15) is 38.5 Å². The number of rotatable bonds is 8. The van der Waals surface area contributed by atoms with Crippen molar-refractivity contribution in [1.29, 1.82) is 5.26 Å². The zero-order valence-corrected chi connectivity index (χ0v) is 18.9. The number of aryl methyl sites for hydroxylation is 1. The quantitative estimate of drug-likeness (QED) is 0.528. The summed E-state index contributed by atoms with van der Waals surface area (Å²) in [6.45, 7) is 1.11. The van der Waals surface area contributed by atoms with Crippen LogP contribution in [0.4, 0.5) is 5.69 Å². The van der Waals surface area contributed by atoms with Crippen molar-refractivity contribution < 1.29 is 9.53 Å². The molecule has 1 N–H and O–H groups in total. The molecule has 0 unspecified atom stereocenters. The fraction of sp³-hybridized carbons (Fsp3) is 0.440. The molecule has 0 saturated heterocycles. The zero-order valence-electron chi connectivity index (χ0n) is 18.9. The number of fused-ring (bicyclic) bond motifs is 1. The molecule has 2 heterocycles. The molecule has 1 saturated carbocycles. The zero-order chi connectivity index (χ0) is 23.2. The molecule has 0 atom stereocenters. The first kappa shape index (κ1) is 22.6. The molecule has 0 spiro atoms. The molecule has 1 aromatic carbocycles. The second-order valence-corrected chi connectivity index (χ2v) is 8.66. The third kappa shape index (κ3) is 5.25. The number of nitriles is 1. The third-order valence-electron chi connectivity index (χ3n) is 6.42. The Balaban J connectivity index is 1.40. The van der Waals surface area contributed by atoms with E-state index in [0.29, 0.717) is 37.7 Å². The fourth-order valence-corrected chi connectivity index (χ4v) is 4.54. The molecule has 0 bridgehead atoms. The lowest BCUT2D eigenvalue weighted by Gasteiger charge is -2.28. The highest BCUT2D eigenvalue weighted by atomic mass is 16.5. The van der Waals surface area contributed by atoms with Crippen molar-refractivity contribution >= 4 is 22.6 Å². The van der Waals surface area contributed by atoms with Gasteiger partial charge in [0.2, 0.25) is 5.91 Å². The van der Waals surface area contributed by atoms with Gasteiger partial charge in [-0.25, -0.2) is 4.79 Å². The van der Waals surface area contributed by atoms with E-state index in [1.807, 2.05) is 22.8 Å². The number of imidazole rings is 1. The van der Waals surface area contributed by atoms with Crippen LogP contribution in [0.25, 0.3) is 11.0 Å². The molecule has 3 aromatic rings. The maximum atomic E-state index is 12.9. The number of aromatic nitrogens is 3. The van der Waals surface area contributed by atoms with E-state index in [1.54, 1.807) is 36.1 Å². The predicted octanol–water partition coefficient (Wildman–Crippen LogP) is 3.86. The van der Waals surface area contributed by atoms with Gasteiger partial charge in [0.25, 0.3) is 0 Å². The maximum Gasteiger partial charge on any atom is 0.328 e. The van der Waals surface area contributed by atoms with Crippen molar-refractivity contribution in [3.63, 3.8) is 0 Å². The number of benzene rings is 1. The summed E-state index contributed by atoms with van der Waals surface area (Å²) < 4.78 is 9.28. The molecular formula is C25H29N5O3. The monoisotopic (exact) mass is 447 g/mol. The molecule has 8 nitrogen and oxygen atoms in total. The highest BCUT2D eigenvalue weighted by Crippen LogP contribution is 2.31. The van der Waals surface area contributed by atoms with Gasteiger partial charge in [0.15, 0.2) is 0 Å². The maximum absolute atomic E-state index is 12.9.